The van der Waals surface area contributed by atoms with Gasteiger partial charge in [-0.15, -0.1) is 0 Å². The molecule has 1 aliphatic heterocycles. The lowest BCUT2D eigenvalue weighted by Gasteiger charge is -2.39. The number of rotatable bonds is 3. The molecule has 0 unspecified atom stereocenters. The minimum absolute atomic E-state index is 0.0667. The second-order valence-corrected chi connectivity index (χ2v) is 13.2. The lowest BCUT2D eigenvalue weighted by Crippen LogP contribution is -2.47. The number of carbonyl (C=O) groups is 2. The van der Waals surface area contributed by atoms with Crippen LogP contribution in [0.5, 0.6) is 0 Å². The Morgan fingerprint density at radius 2 is 1.71 bits per heavy atom. The Hall–Kier alpha value is -4.26. The van der Waals surface area contributed by atoms with Crippen molar-refractivity contribution in [1.29, 1.82) is 0 Å². The van der Waals surface area contributed by atoms with Gasteiger partial charge in [0.25, 0.3) is 11.5 Å². The van der Waals surface area contributed by atoms with Crippen molar-refractivity contribution in [3.8, 4) is 0 Å². The van der Waals surface area contributed by atoms with E-state index in [-0.39, 0.29) is 40.1 Å². The molecule has 0 radical (unpaired) electrons. The Bertz CT molecular complexity index is 1910. The zero-order valence-electron chi connectivity index (χ0n) is 23.0. The second kappa shape index (κ2) is 9.68. The summed E-state index contributed by atoms with van der Waals surface area (Å²) in [6, 6.07) is 6.77. The molecule has 0 bridgehead atoms. The maximum atomic E-state index is 14.4. The molecule has 2 aromatic heterocycles. The molecule has 1 aliphatic rings. The number of halogens is 2. The van der Waals surface area contributed by atoms with Crippen LogP contribution in [0, 0.1) is 11.6 Å². The molecule has 1 atom stereocenters. The van der Waals surface area contributed by atoms with E-state index in [1.54, 1.807) is 26.8 Å². The number of H-pyrrole nitrogens is 2. The summed E-state index contributed by atoms with van der Waals surface area (Å²) in [5.41, 5.74) is -0.208. The number of aromatic nitrogens is 2. The Morgan fingerprint density at radius 3 is 2.34 bits per heavy atom. The predicted molar refractivity (Wildman–Crippen MR) is 147 cm³/mol. The molecule has 4 aromatic rings. The molecule has 0 fully saturated rings. The highest BCUT2D eigenvalue weighted by Gasteiger charge is 2.37. The van der Waals surface area contributed by atoms with Crippen molar-refractivity contribution in [2.45, 2.75) is 43.9 Å². The van der Waals surface area contributed by atoms with E-state index in [1.807, 2.05) is 0 Å². The van der Waals surface area contributed by atoms with Gasteiger partial charge >= 0.3 is 6.09 Å². The Balaban J connectivity index is 1.62. The summed E-state index contributed by atoms with van der Waals surface area (Å²) in [4.78, 5) is 48.1. The quantitative estimate of drug-likeness (QED) is 0.369. The van der Waals surface area contributed by atoms with Crippen molar-refractivity contribution < 1.29 is 31.5 Å². The van der Waals surface area contributed by atoms with Crippen LogP contribution < -0.4 is 5.56 Å². The van der Waals surface area contributed by atoms with Gasteiger partial charge in [-0.1, -0.05) is 0 Å². The molecule has 13 heteroatoms. The molecule has 2 aromatic carbocycles. The fourth-order valence-electron chi connectivity index (χ4n) is 5.02. The van der Waals surface area contributed by atoms with Crippen LogP contribution in [0.3, 0.4) is 0 Å². The average molecular weight is 587 g/mol. The molecule has 3 heterocycles. The summed E-state index contributed by atoms with van der Waals surface area (Å²) in [7, 11) is -1.99. The number of fused-ring (bicyclic) bond motifs is 4. The van der Waals surface area contributed by atoms with E-state index >= 15 is 0 Å². The molecule has 0 saturated carbocycles. The van der Waals surface area contributed by atoms with Crippen molar-refractivity contribution in [2.24, 2.45) is 0 Å². The molecule has 216 valence electrons. The molecule has 10 nitrogen and oxygen atoms in total. The fourth-order valence-corrected chi connectivity index (χ4v) is 5.68. The number of carbonyl (C=O) groups excluding carboxylic acids is 2. The van der Waals surface area contributed by atoms with Crippen LogP contribution in [0.15, 0.2) is 46.1 Å². The summed E-state index contributed by atoms with van der Waals surface area (Å²) in [5.74, 6) is -2.88. The zero-order chi connectivity index (χ0) is 30.0. The van der Waals surface area contributed by atoms with E-state index in [9.17, 15) is 31.6 Å². The van der Waals surface area contributed by atoms with Crippen molar-refractivity contribution in [3.05, 3.63) is 75.3 Å². The number of hydrogen-bond acceptors (Lipinski definition) is 6. The van der Waals surface area contributed by atoms with Gasteiger partial charge in [0.1, 0.15) is 11.3 Å². The van der Waals surface area contributed by atoms with Gasteiger partial charge < -0.3 is 19.6 Å². The number of hydrogen-bond donors (Lipinski definition) is 2. The van der Waals surface area contributed by atoms with Crippen molar-refractivity contribution in [2.75, 3.05) is 19.8 Å². The van der Waals surface area contributed by atoms with Gasteiger partial charge in [-0.05, 0) is 62.6 Å². The van der Waals surface area contributed by atoms with Gasteiger partial charge in [-0.3, -0.25) is 14.5 Å². The van der Waals surface area contributed by atoms with Crippen LogP contribution >= 0.6 is 0 Å². The van der Waals surface area contributed by atoms with E-state index in [2.05, 4.69) is 9.97 Å². The third-order valence-electron chi connectivity index (χ3n) is 6.95. The molecule has 41 heavy (non-hydrogen) atoms. The summed E-state index contributed by atoms with van der Waals surface area (Å²) in [5, 5.41) is 0.514. The first-order valence-electron chi connectivity index (χ1n) is 12.6. The van der Waals surface area contributed by atoms with Crippen molar-refractivity contribution in [3.63, 3.8) is 0 Å². The van der Waals surface area contributed by atoms with Crippen LogP contribution in [0.4, 0.5) is 13.6 Å². The smallest absolute Gasteiger partial charge is 0.410 e. The zero-order valence-corrected chi connectivity index (χ0v) is 23.8. The number of likely N-dealkylation sites (N-methyl/N-ethyl adjacent to an activating group) is 1. The molecule has 5 rings (SSSR count). The molecular formula is C28H28F2N4O6S. The average Bonchev–Trinajstić information content (AvgIpc) is 3.30. The molecule has 2 amide bonds. The Labute approximate surface area is 233 Å². The Morgan fingerprint density at radius 1 is 1.05 bits per heavy atom. The van der Waals surface area contributed by atoms with Crippen molar-refractivity contribution in [1.82, 2.24) is 19.8 Å². The van der Waals surface area contributed by atoms with Crippen LogP contribution in [-0.4, -0.2) is 65.6 Å². The number of amides is 2. The largest absolute Gasteiger partial charge is 0.444 e. The molecular weight excluding hydrogens is 558 g/mol. The maximum absolute atomic E-state index is 14.4. The highest BCUT2D eigenvalue weighted by Crippen LogP contribution is 2.36. The number of nitrogens with zero attached hydrogens (tertiary/aromatic N) is 2. The van der Waals surface area contributed by atoms with Gasteiger partial charge in [-0.2, -0.15) is 0 Å². The number of benzene rings is 2. The van der Waals surface area contributed by atoms with Crippen LogP contribution in [0.25, 0.3) is 21.7 Å². The number of sulfone groups is 1. The van der Waals surface area contributed by atoms with E-state index in [0.717, 1.165) is 18.4 Å². The van der Waals surface area contributed by atoms with Gasteiger partial charge in [0.2, 0.25) is 0 Å². The number of aromatic amines is 2. The highest BCUT2D eigenvalue weighted by atomic mass is 32.2. The van der Waals surface area contributed by atoms with E-state index in [1.165, 1.54) is 35.0 Å². The second-order valence-electron chi connectivity index (χ2n) is 11.2. The molecule has 0 spiro atoms. The van der Waals surface area contributed by atoms with E-state index in [4.69, 9.17) is 4.74 Å². The predicted octanol–water partition coefficient (Wildman–Crippen LogP) is 4.26. The monoisotopic (exact) mass is 586 g/mol. The standard InChI is InChI=1S/C28H28F2N4O6S/c1-28(2,3)40-27(37)34-12-22-24(16-10-18(29)19(30)11-17(16)25(35)32-22)23(13-34)33(4)26(36)21-9-14-8-15(41(5,38)39)6-7-20(14)31-21/h6-11,23,31H,12-13H2,1-5H3,(H,32,35)/t23-/m0/s1. The number of nitrogens with one attached hydrogen (secondary N) is 2. The SMILES string of the molecule is CN(C(=O)c1cc2cc(S(C)(=O)=O)ccc2[nH]1)[C@H]1CN(C(=O)OC(C)(C)C)Cc2[nH]c(=O)c3cc(F)c(F)cc3c21. The highest BCUT2D eigenvalue weighted by molar-refractivity contribution is 7.90. The summed E-state index contributed by atoms with van der Waals surface area (Å²) in [6.07, 6.45) is 0.403. The first kappa shape index (κ1) is 28.3. The van der Waals surface area contributed by atoms with Crippen LogP contribution in [-0.2, 0) is 21.1 Å². The van der Waals surface area contributed by atoms with Gasteiger partial charge in [0, 0.05) is 42.0 Å². The third-order valence-corrected chi connectivity index (χ3v) is 8.06. The molecule has 0 saturated heterocycles. The Kier molecular flexibility index (Phi) is 6.68. The number of pyridine rings is 1. The summed E-state index contributed by atoms with van der Waals surface area (Å²) >= 11 is 0. The van der Waals surface area contributed by atoms with Crippen LogP contribution in [0.2, 0.25) is 0 Å². The normalized spacial score (nSPS) is 15.7. The maximum Gasteiger partial charge on any atom is 0.410 e. The molecule has 0 aliphatic carbocycles. The topological polar surface area (TPSA) is 133 Å². The third kappa shape index (κ3) is 5.29. The van der Waals surface area contributed by atoms with Gasteiger partial charge in [0.05, 0.1) is 22.9 Å². The summed E-state index contributed by atoms with van der Waals surface area (Å²) in [6.45, 7) is 4.95. The van der Waals surface area contributed by atoms with Gasteiger partial charge in [-0.25, -0.2) is 22.0 Å². The van der Waals surface area contributed by atoms with E-state index < -0.39 is 50.7 Å². The lowest BCUT2D eigenvalue weighted by molar-refractivity contribution is 0.0142. The minimum atomic E-state index is -3.48. The van der Waals surface area contributed by atoms with E-state index in [0.29, 0.717) is 16.5 Å². The fraction of sp³-hybridized carbons (Fsp3) is 0.321. The number of ether oxygens (including phenoxy) is 1. The minimum Gasteiger partial charge on any atom is -0.444 e. The van der Waals surface area contributed by atoms with Crippen molar-refractivity contribution >= 4 is 43.5 Å². The first-order chi connectivity index (χ1) is 19.0. The lowest BCUT2D eigenvalue weighted by atomic mass is 9.92. The molecule has 2 N–H and O–H groups in total. The van der Waals surface area contributed by atoms with Gasteiger partial charge in [0.15, 0.2) is 21.5 Å². The first-order valence-corrected chi connectivity index (χ1v) is 14.5. The summed E-state index contributed by atoms with van der Waals surface area (Å²) < 4.78 is 58.0. The van der Waals surface area contributed by atoms with Crippen LogP contribution in [0.1, 0.15) is 48.6 Å².